The van der Waals surface area contributed by atoms with Crippen LogP contribution in [-0.4, -0.2) is 61.7 Å². The van der Waals surface area contributed by atoms with Gasteiger partial charge in [-0.05, 0) is 0 Å². The fourth-order valence-corrected chi connectivity index (χ4v) is 1.86. The van der Waals surface area contributed by atoms with Crippen LogP contribution in [0.15, 0.2) is 12.3 Å². The number of aromatic nitrogens is 2. The summed E-state index contributed by atoms with van der Waals surface area (Å²) < 4.78 is 23.7. The smallest absolute Gasteiger partial charge is 0.325 e. The molecule has 1 unspecified atom stereocenters. The van der Waals surface area contributed by atoms with Crippen molar-refractivity contribution in [1.82, 2.24) is 20.0 Å². The van der Waals surface area contributed by atoms with Crippen molar-refractivity contribution >= 4 is 29.3 Å². The molecule has 1 atom stereocenters. The van der Waals surface area contributed by atoms with Crippen LogP contribution in [0, 0.1) is 0 Å². The summed E-state index contributed by atoms with van der Waals surface area (Å²) >= 11 is -2.70. The zero-order valence-corrected chi connectivity index (χ0v) is 11.1. The molecule has 0 spiro atoms. The minimum absolute atomic E-state index is 0.0453. The molecule has 1 aromatic heterocycles. The third-order valence-electron chi connectivity index (χ3n) is 2.55. The summed E-state index contributed by atoms with van der Waals surface area (Å²) in [4.78, 5) is 24.7. The van der Waals surface area contributed by atoms with E-state index in [0.717, 1.165) is 4.68 Å². The maximum atomic E-state index is 12.0. The van der Waals surface area contributed by atoms with E-state index in [0.29, 0.717) is 26.2 Å². The lowest BCUT2D eigenvalue weighted by molar-refractivity contribution is 0.188. The van der Waals surface area contributed by atoms with Crippen LogP contribution in [0.5, 0.6) is 0 Å². The third-order valence-corrected chi connectivity index (χ3v) is 2.84. The number of nitrogens with zero attached hydrogens (tertiary/aromatic N) is 3. The normalized spacial score (nSPS) is 16.6. The van der Waals surface area contributed by atoms with Gasteiger partial charge in [0, 0.05) is 38.4 Å². The molecule has 1 fully saturated rings. The molecule has 0 saturated carbocycles. The molecule has 1 saturated heterocycles. The van der Waals surface area contributed by atoms with Crippen molar-refractivity contribution in [3.63, 3.8) is 0 Å². The Morgan fingerprint density at radius 1 is 1.45 bits per heavy atom. The van der Waals surface area contributed by atoms with E-state index in [9.17, 15) is 13.8 Å². The molecule has 0 aromatic carbocycles. The van der Waals surface area contributed by atoms with Crippen LogP contribution in [-0.2, 0) is 15.5 Å². The fourth-order valence-electron chi connectivity index (χ4n) is 1.69. The summed E-state index contributed by atoms with van der Waals surface area (Å²) in [6.45, 7) is 2.58. The topological polar surface area (TPSA) is 126 Å². The maximum absolute atomic E-state index is 12.0. The average molecular weight is 303 g/mol. The molecule has 11 heteroatoms. The van der Waals surface area contributed by atoms with Gasteiger partial charge in [0.05, 0.1) is 0 Å². The Hall–Kier alpha value is -1.98. The third kappa shape index (κ3) is 3.76. The first-order valence-electron chi connectivity index (χ1n) is 5.72. The van der Waals surface area contributed by atoms with Gasteiger partial charge in [0.2, 0.25) is 0 Å². The number of hydrogen-bond acceptors (Lipinski definition) is 6. The molecule has 10 nitrogen and oxygen atoms in total. The molecule has 20 heavy (non-hydrogen) atoms. The van der Waals surface area contributed by atoms with Gasteiger partial charge in [-0.15, -0.1) is 5.10 Å². The molecule has 2 amide bonds. The van der Waals surface area contributed by atoms with E-state index < -0.39 is 17.5 Å². The molecular formula is C9H13N5O5S. The number of carbonyl (C=O) groups is 2. The van der Waals surface area contributed by atoms with E-state index >= 15 is 0 Å². The van der Waals surface area contributed by atoms with Crippen LogP contribution in [0.3, 0.4) is 0 Å². The first-order chi connectivity index (χ1) is 9.56. The molecule has 2 heterocycles. The number of piperazine rings is 1. The number of nitrogens with one attached hydrogen (secondary N) is 2. The quantitative estimate of drug-likeness (QED) is 0.625. The van der Waals surface area contributed by atoms with Crippen LogP contribution in [0.1, 0.15) is 0 Å². The van der Waals surface area contributed by atoms with E-state index in [1.807, 2.05) is 0 Å². The Morgan fingerprint density at radius 2 is 2.15 bits per heavy atom. The minimum Gasteiger partial charge on any atom is -0.325 e. The zero-order chi connectivity index (χ0) is 14.5. The van der Waals surface area contributed by atoms with Crippen LogP contribution in [0.25, 0.3) is 0 Å². The second-order valence-electron chi connectivity index (χ2n) is 3.88. The molecule has 1 aliphatic rings. The summed E-state index contributed by atoms with van der Waals surface area (Å²) in [5.41, 5.74) is 0. The number of hydrogen-bond donors (Lipinski definition) is 3. The number of rotatable bonds is 2. The first-order valence-corrected chi connectivity index (χ1v) is 6.75. The molecule has 0 radical (unpaired) electrons. The summed E-state index contributed by atoms with van der Waals surface area (Å²) in [5.74, 6) is 0.0453. The predicted octanol–water partition coefficient (Wildman–Crippen LogP) is -0.558. The van der Waals surface area contributed by atoms with Gasteiger partial charge in [0.15, 0.2) is 5.82 Å². The Morgan fingerprint density at radius 3 is 2.80 bits per heavy atom. The molecule has 2 rings (SSSR count). The van der Waals surface area contributed by atoms with Gasteiger partial charge >= 0.3 is 23.5 Å². The van der Waals surface area contributed by atoms with Gasteiger partial charge in [0.25, 0.3) is 0 Å². The average Bonchev–Trinajstić information content (AvgIpc) is 2.86. The van der Waals surface area contributed by atoms with E-state index in [1.54, 1.807) is 4.90 Å². The highest BCUT2D eigenvalue weighted by atomic mass is 32.2. The van der Waals surface area contributed by atoms with E-state index in [1.165, 1.54) is 12.3 Å². The lowest BCUT2D eigenvalue weighted by Gasteiger charge is -2.26. The van der Waals surface area contributed by atoms with Crippen LogP contribution in [0.4, 0.5) is 15.4 Å². The van der Waals surface area contributed by atoms with E-state index in [2.05, 4.69) is 19.9 Å². The molecule has 3 N–H and O–H groups in total. The van der Waals surface area contributed by atoms with Crippen molar-refractivity contribution in [3.05, 3.63) is 12.3 Å². The lowest BCUT2D eigenvalue weighted by atomic mass is 10.4. The lowest BCUT2D eigenvalue weighted by Crippen LogP contribution is -2.48. The molecule has 110 valence electrons. The number of amides is 2. The molecule has 1 aromatic rings. The Bertz CT molecular complexity index is 527. The van der Waals surface area contributed by atoms with Crippen LogP contribution < -0.4 is 10.6 Å². The van der Waals surface area contributed by atoms with Crippen LogP contribution >= 0.6 is 0 Å². The molecule has 1 aliphatic heterocycles. The van der Waals surface area contributed by atoms with Gasteiger partial charge in [0.1, 0.15) is 0 Å². The minimum atomic E-state index is -2.70. The van der Waals surface area contributed by atoms with Crippen LogP contribution in [0.2, 0.25) is 0 Å². The first kappa shape index (κ1) is 14.4. The van der Waals surface area contributed by atoms with Crippen molar-refractivity contribution in [3.8, 4) is 0 Å². The largest absolute Gasteiger partial charge is 0.428 e. The van der Waals surface area contributed by atoms with Crippen molar-refractivity contribution in [2.75, 3.05) is 31.5 Å². The maximum Gasteiger partial charge on any atom is 0.428 e. The van der Waals surface area contributed by atoms with Gasteiger partial charge < -0.3 is 14.4 Å². The van der Waals surface area contributed by atoms with Gasteiger partial charge in [-0.1, -0.05) is 0 Å². The summed E-state index contributed by atoms with van der Waals surface area (Å²) in [6.07, 6.45) is 0.251. The zero-order valence-electron chi connectivity index (χ0n) is 10.3. The number of anilines is 1. The second-order valence-corrected chi connectivity index (χ2v) is 4.48. The summed E-state index contributed by atoms with van der Waals surface area (Å²) in [6, 6.07) is 1.07. The van der Waals surface area contributed by atoms with Crippen molar-refractivity contribution in [2.24, 2.45) is 0 Å². The SMILES string of the molecule is O=C(Nc1ccn(C(=O)N2CCNCC2)n1)OS(=O)O. The van der Waals surface area contributed by atoms with E-state index in [4.69, 9.17) is 4.55 Å². The predicted molar refractivity (Wildman–Crippen MR) is 68.3 cm³/mol. The summed E-state index contributed by atoms with van der Waals surface area (Å²) in [7, 11) is 0. The monoisotopic (exact) mass is 303 g/mol. The second kappa shape index (κ2) is 6.45. The van der Waals surface area contributed by atoms with Gasteiger partial charge in [-0.2, -0.15) is 8.89 Å². The molecule has 0 bridgehead atoms. The van der Waals surface area contributed by atoms with Crippen molar-refractivity contribution in [2.45, 2.75) is 0 Å². The van der Waals surface area contributed by atoms with Crippen molar-refractivity contribution < 1.29 is 22.5 Å². The molecule has 0 aliphatic carbocycles. The Balaban J connectivity index is 1.95. The van der Waals surface area contributed by atoms with Gasteiger partial charge in [-0.25, -0.2) is 9.59 Å². The fraction of sp³-hybridized carbons (Fsp3) is 0.444. The van der Waals surface area contributed by atoms with Crippen molar-refractivity contribution in [1.29, 1.82) is 0 Å². The van der Waals surface area contributed by atoms with E-state index in [-0.39, 0.29) is 11.8 Å². The standard InChI is InChI=1S/C9H13N5O5S/c15-8(19-20(17)18)11-7-1-4-14(12-7)9(16)13-5-2-10-3-6-13/h1,4,10H,2-3,5-6H2,(H,17,18)(H,11,12,15). The highest BCUT2D eigenvalue weighted by molar-refractivity contribution is 7.74. The summed E-state index contributed by atoms with van der Waals surface area (Å²) in [5, 5.41) is 9.09. The Labute approximate surface area is 116 Å². The highest BCUT2D eigenvalue weighted by Crippen LogP contribution is 2.05. The Kier molecular flexibility index (Phi) is 4.65. The highest BCUT2D eigenvalue weighted by Gasteiger charge is 2.19. The molecular weight excluding hydrogens is 290 g/mol. The number of carbonyl (C=O) groups excluding carboxylic acids is 2. The van der Waals surface area contributed by atoms with Gasteiger partial charge in [-0.3, -0.25) is 9.87 Å².